The van der Waals surface area contributed by atoms with Crippen LogP contribution in [0.15, 0.2) is 66.9 Å². The molecule has 1 N–H and O–H groups in total. The molecule has 2 amide bonds. The zero-order valence-corrected chi connectivity index (χ0v) is 16.3. The zero-order valence-electron chi connectivity index (χ0n) is 16.3. The fourth-order valence-corrected chi connectivity index (χ4v) is 3.59. The van der Waals surface area contributed by atoms with Crippen molar-refractivity contribution in [2.45, 2.75) is 18.6 Å². The lowest BCUT2D eigenvalue weighted by molar-refractivity contribution is -0.141. The highest BCUT2D eigenvalue weighted by Gasteiger charge is 2.34. The molecule has 1 atom stereocenters. The van der Waals surface area contributed by atoms with Gasteiger partial charge in [-0.25, -0.2) is 4.68 Å². The molecular formula is C22H19F3N4O2. The Morgan fingerprint density at radius 2 is 1.74 bits per heavy atom. The van der Waals surface area contributed by atoms with Crippen molar-refractivity contribution in [3.8, 4) is 5.69 Å². The molecule has 6 nitrogen and oxygen atoms in total. The van der Waals surface area contributed by atoms with Crippen LogP contribution in [-0.2, 0) is 11.0 Å². The van der Waals surface area contributed by atoms with Gasteiger partial charge < -0.3 is 10.2 Å². The van der Waals surface area contributed by atoms with Gasteiger partial charge in [0.15, 0.2) is 5.69 Å². The lowest BCUT2D eigenvalue weighted by atomic mass is 10.0. The lowest BCUT2D eigenvalue weighted by Crippen LogP contribution is -2.36. The molecule has 9 heteroatoms. The van der Waals surface area contributed by atoms with Crippen molar-refractivity contribution in [1.82, 2.24) is 20.0 Å². The summed E-state index contributed by atoms with van der Waals surface area (Å²) >= 11 is 0. The molecular weight excluding hydrogens is 409 g/mol. The maximum absolute atomic E-state index is 13.2. The summed E-state index contributed by atoms with van der Waals surface area (Å²) < 4.78 is 39.4. The average Bonchev–Trinajstić information content (AvgIpc) is 3.19. The quantitative estimate of drug-likeness (QED) is 0.693. The molecule has 0 aliphatic carbocycles. The monoisotopic (exact) mass is 428 g/mol. The number of hydrogen-bond donors (Lipinski definition) is 1. The fourth-order valence-electron chi connectivity index (χ4n) is 3.59. The highest BCUT2D eigenvalue weighted by atomic mass is 19.4. The Morgan fingerprint density at radius 1 is 1.03 bits per heavy atom. The topological polar surface area (TPSA) is 67.2 Å². The summed E-state index contributed by atoms with van der Waals surface area (Å²) in [5, 5.41) is 6.33. The standard InChI is InChI=1S/C22H19F3N4O2/c23-22(24,25)19-10-12-29(27-19)17-8-6-16(7-9-17)21(31)28-13-11-26-20(30)14-18(28)15-4-2-1-3-5-15/h1-10,12,18H,11,13-14H2,(H,26,30). The van der Waals surface area contributed by atoms with E-state index in [1.165, 1.54) is 6.20 Å². The number of alkyl halides is 3. The van der Waals surface area contributed by atoms with E-state index >= 15 is 0 Å². The van der Waals surface area contributed by atoms with Crippen LogP contribution in [0.25, 0.3) is 5.69 Å². The third-order valence-corrected chi connectivity index (χ3v) is 5.13. The van der Waals surface area contributed by atoms with Gasteiger partial charge >= 0.3 is 6.18 Å². The van der Waals surface area contributed by atoms with Gasteiger partial charge in [0.25, 0.3) is 5.91 Å². The fraction of sp³-hybridized carbons (Fsp3) is 0.227. The molecule has 3 aromatic rings. The van der Waals surface area contributed by atoms with Gasteiger partial charge in [-0.1, -0.05) is 30.3 Å². The van der Waals surface area contributed by atoms with E-state index in [-0.39, 0.29) is 18.2 Å². The molecule has 2 heterocycles. The second kappa shape index (κ2) is 8.25. The Balaban J connectivity index is 1.59. The SMILES string of the molecule is O=C1CC(c2ccccc2)N(C(=O)c2ccc(-n3ccc(C(F)(F)F)n3)cc2)CCN1. The minimum absolute atomic E-state index is 0.126. The Bertz CT molecular complexity index is 1080. The number of rotatable bonds is 3. The van der Waals surface area contributed by atoms with E-state index in [2.05, 4.69) is 10.4 Å². The number of amides is 2. The van der Waals surface area contributed by atoms with Gasteiger partial charge in [0.2, 0.25) is 5.91 Å². The second-order valence-electron chi connectivity index (χ2n) is 7.17. The van der Waals surface area contributed by atoms with Crippen LogP contribution in [0.2, 0.25) is 0 Å². The van der Waals surface area contributed by atoms with Crippen LogP contribution in [0.3, 0.4) is 0 Å². The highest BCUT2D eigenvalue weighted by Crippen LogP contribution is 2.29. The number of carbonyl (C=O) groups excluding carboxylic acids is 2. The molecule has 0 bridgehead atoms. The van der Waals surface area contributed by atoms with Crippen molar-refractivity contribution in [2.24, 2.45) is 0 Å². The first-order valence-corrected chi connectivity index (χ1v) is 9.69. The van der Waals surface area contributed by atoms with Gasteiger partial charge in [0.05, 0.1) is 18.2 Å². The molecule has 1 aliphatic heterocycles. The molecule has 2 aromatic carbocycles. The summed E-state index contributed by atoms with van der Waals surface area (Å²) in [4.78, 5) is 27.0. The molecule has 31 heavy (non-hydrogen) atoms. The van der Waals surface area contributed by atoms with E-state index < -0.39 is 17.9 Å². The normalized spacial score (nSPS) is 17.2. The average molecular weight is 428 g/mol. The number of hydrogen-bond acceptors (Lipinski definition) is 3. The summed E-state index contributed by atoms with van der Waals surface area (Å²) in [5.74, 6) is -0.382. The largest absolute Gasteiger partial charge is 0.435 e. The molecule has 4 rings (SSSR count). The molecule has 1 fully saturated rings. The van der Waals surface area contributed by atoms with Gasteiger partial charge in [-0.3, -0.25) is 9.59 Å². The molecule has 0 saturated carbocycles. The summed E-state index contributed by atoms with van der Waals surface area (Å²) in [6.07, 6.45) is -3.15. The maximum atomic E-state index is 13.2. The van der Waals surface area contributed by atoms with Crippen LogP contribution in [0.1, 0.15) is 34.1 Å². The van der Waals surface area contributed by atoms with Crippen molar-refractivity contribution in [1.29, 1.82) is 0 Å². The molecule has 1 saturated heterocycles. The van der Waals surface area contributed by atoms with Crippen LogP contribution in [-0.4, -0.2) is 39.6 Å². The minimum atomic E-state index is -4.52. The number of nitrogens with one attached hydrogen (secondary N) is 1. The predicted octanol–water partition coefficient (Wildman–Crippen LogP) is 3.59. The van der Waals surface area contributed by atoms with E-state index in [1.807, 2.05) is 30.3 Å². The van der Waals surface area contributed by atoms with Crippen LogP contribution >= 0.6 is 0 Å². The van der Waals surface area contributed by atoms with E-state index in [0.717, 1.165) is 16.3 Å². The molecule has 0 spiro atoms. The smallest absolute Gasteiger partial charge is 0.354 e. The third-order valence-electron chi connectivity index (χ3n) is 5.13. The molecule has 0 radical (unpaired) electrons. The highest BCUT2D eigenvalue weighted by molar-refractivity contribution is 5.95. The van der Waals surface area contributed by atoms with Gasteiger partial charge in [-0.05, 0) is 35.9 Å². The van der Waals surface area contributed by atoms with E-state index in [4.69, 9.17) is 0 Å². The lowest BCUT2D eigenvalue weighted by Gasteiger charge is -2.29. The summed E-state index contributed by atoms with van der Waals surface area (Å²) in [6, 6.07) is 16.0. The van der Waals surface area contributed by atoms with Gasteiger partial charge in [0.1, 0.15) is 0 Å². The van der Waals surface area contributed by atoms with Gasteiger partial charge in [-0.15, -0.1) is 0 Å². The molecule has 1 unspecified atom stereocenters. The summed E-state index contributed by atoms with van der Waals surface area (Å²) in [7, 11) is 0. The molecule has 1 aromatic heterocycles. The van der Waals surface area contributed by atoms with Crippen LogP contribution in [0.5, 0.6) is 0 Å². The van der Waals surface area contributed by atoms with E-state index in [0.29, 0.717) is 24.3 Å². The minimum Gasteiger partial charge on any atom is -0.354 e. The molecule has 1 aliphatic rings. The molecule has 160 valence electrons. The van der Waals surface area contributed by atoms with Crippen molar-refractivity contribution in [3.05, 3.63) is 83.7 Å². The number of halogens is 3. The number of aromatic nitrogens is 2. The van der Waals surface area contributed by atoms with Crippen molar-refractivity contribution in [2.75, 3.05) is 13.1 Å². The van der Waals surface area contributed by atoms with Gasteiger partial charge in [0, 0.05) is 24.8 Å². The Labute approximate surface area is 176 Å². The zero-order chi connectivity index (χ0) is 22.0. The maximum Gasteiger partial charge on any atom is 0.435 e. The number of nitrogens with zero attached hydrogens (tertiary/aromatic N) is 3. The Morgan fingerprint density at radius 3 is 2.39 bits per heavy atom. The van der Waals surface area contributed by atoms with Crippen molar-refractivity contribution < 1.29 is 22.8 Å². The predicted molar refractivity (Wildman–Crippen MR) is 106 cm³/mol. The second-order valence-corrected chi connectivity index (χ2v) is 7.17. The van der Waals surface area contributed by atoms with Crippen LogP contribution in [0.4, 0.5) is 13.2 Å². The van der Waals surface area contributed by atoms with Gasteiger partial charge in [-0.2, -0.15) is 18.3 Å². The van der Waals surface area contributed by atoms with Crippen molar-refractivity contribution >= 4 is 11.8 Å². The van der Waals surface area contributed by atoms with E-state index in [9.17, 15) is 22.8 Å². The third kappa shape index (κ3) is 4.45. The first-order valence-electron chi connectivity index (χ1n) is 9.69. The van der Waals surface area contributed by atoms with Crippen LogP contribution in [0, 0.1) is 0 Å². The first-order chi connectivity index (χ1) is 14.8. The summed E-state index contributed by atoms with van der Waals surface area (Å²) in [6.45, 7) is 0.694. The number of carbonyl (C=O) groups is 2. The van der Waals surface area contributed by atoms with Crippen LogP contribution < -0.4 is 5.32 Å². The summed E-state index contributed by atoms with van der Waals surface area (Å²) in [5.41, 5.74) is 0.655. The first kappa shape index (κ1) is 20.6. The van der Waals surface area contributed by atoms with E-state index in [1.54, 1.807) is 29.2 Å². The Hall–Kier alpha value is -3.62. The Kier molecular flexibility index (Phi) is 5.50. The van der Waals surface area contributed by atoms with Crippen molar-refractivity contribution in [3.63, 3.8) is 0 Å². The number of benzene rings is 2.